The smallest absolute Gasteiger partial charge is 0.337 e. The summed E-state index contributed by atoms with van der Waals surface area (Å²) >= 11 is 0. The monoisotopic (exact) mass is 262 g/mol. The molecule has 0 atom stereocenters. The van der Waals surface area contributed by atoms with E-state index >= 15 is 0 Å². The van der Waals surface area contributed by atoms with Gasteiger partial charge >= 0.3 is 5.97 Å². The SMILES string of the molecule is COC(=O)c1ccc(CNCC(=O)NC2CC2)cc1. The topological polar surface area (TPSA) is 67.4 Å². The Morgan fingerprint density at radius 3 is 2.53 bits per heavy atom. The van der Waals surface area contributed by atoms with Crippen molar-refractivity contribution in [2.24, 2.45) is 0 Å². The van der Waals surface area contributed by atoms with E-state index in [0.29, 0.717) is 24.7 Å². The maximum atomic E-state index is 11.4. The molecule has 1 aliphatic rings. The highest BCUT2D eigenvalue weighted by Gasteiger charge is 2.22. The first kappa shape index (κ1) is 13.5. The zero-order valence-corrected chi connectivity index (χ0v) is 10.9. The van der Waals surface area contributed by atoms with Gasteiger partial charge in [-0.05, 0) is 30.5 Å². The van der Waals surface area contributed by atoms with Crippen LogP contribution in [0.5, 0.6) is 0 Å². The zero-order valence-electron chi connectivity index (χ0n) is 10.9. The molecular formula is C14H18N2O3. The Kier molecular flexibility index (Phi) is 4.52. The molecule has 1 fully saturated rings. The molecule has 2 rings (SSSR count). The molecule has 0 heterocycles. The highest BCUT2D eigenvalue weighted by atomic mass is 16.5. The molecule has 1 aliphatic carbocycles. The van der Waals surface area contributed by atoms with Crippen LogP contribution in [0.3, 0.4) is 0 Å². The van der Waals surface area contributed by atoms with E-state index in [2.05, 4.69) is 15.4 Å². The number of esters is 1. The van der Waals surface area contributed by atoms with Crippen LogP contribution in [0, 0.1) is 0 Å². The van der Waals surface area contributed by atoms with Gasteiger partial charge in [-0.3, -0.25) is 4.79 Å². The zero-order chi connectivity index (χ0) is 13.7. The number of carbonyl (C=O) groups excluding carboxylic acids is 2. The maximum Gasteiger partial charge on any atom is 0.337 e. The Bertz CT molecular complexity index is 452. The van der Waals surface area contributed by atoms with Gasteiger partial charge in [-0.1, -0.05) is 12.1 Å². The number of benzene rings is 1. The summed E-state index contributed by atoms with van der Waals surface area (Å²) in [7, 11) is 1.36. The van der Waals surface area contributed by atoms with Crippen LogP contribution in [0.4, 0.5) is 0 Å². The van der Waals surface area contributed by atoms with Gasteiger partial charge in [0.05, 0.1) is 19.2 Å². The molecule has 5 heteroatoms. The Labute approximate surface area is 112 Å². The second-order valence-corrected chi connectivity index (χ2v) is 4.63. The van der Waals surface area contributed by atoms with Crippen molar-refractivity contribution in [3.63, 3.8) is 0 Å². The number of hydrogen-bond donors (Lipinski definition) is 2. The van der Waals surface area contributed by atoms with Crippen molar-refractivity contribution in [1.82, 2.24) is 10.6 Å². The predicted octanol–water partition coefficient (Wildman–Crippen LogP) is 0.841. The molecule has 0 aliphatic heterocycles. The molecule has 1 aromatic carbocycles. The van der Waals surface area contributed by atoms with Crippen LogP contribution in [0.2, 0.25) is 0 Å². The Hall–Kier alpha value is -1.88. The normalized spacial score (nSPS) is 13.9. The average Bonchev–Trinajstić information content (AvgIpc) is 3.22. The number of methoxy groups -OCH3 is 1. The molecule has 0 saturated heterocycles. The third-order valence-corrected chi connectivity index (χ3v) is 2.93. The number of carbonyl (C=O) groups is 2. The highest BCUT2D eigenvalue weighted by Crippen LogP contribution is 2.18. The van der Waals surface area contributed by atoms with Crippen molar-refractivity contribution in [2.75, 3.05) is 13.7 Å². The highest BCUT2D eigenvalue weighted by molar-refractivity contribution is 5.89. The minimum absolute atomic E-state index is 0.0358. The molecule has 0 radical (unpaired) electrons. The molecule has 1 aromatic rings. The lowest BCUT2D eigenvalue weighted by Gasteiger charge is -2.06. The number of amides is 1. The minimum Gasteiger partial charge on any atom is -0.465 e. The van der Waals surface area contributed by atoms with E-state index in [1.807, 2.05) is 12.1 Å². The van der Waals surface area contributed by atoms with Crippen LogP contribution in [0.1, 0.15) is 28.8 Å². The quantitative estimate of drug-likeness (QED) is 0.746. The largest absolute Gasteiger partial charge is 0.465 e. The standard InChI is InChI=1S/C14H18N2O3/c1-19-14(18)11-4-2-10(3-5-11)8-15-9-13(17)16-12-6-7-12/h2-5,12,15H,6-9H2,1H3,(H,16,17). The van der Waals surface area contributed by atoms with Crippen molar-refractivity contribution in [2.45, 2.75) is 25.4 Å². The summed E-state index contributed by atoms with van der Waals surface area (Å²) < 4.78 is 4.62. The first-order valence-electron chi connectivity index (χ1n) is 6.36. The summed E-state index contributed by atoms with van der Waals surface area (Å²) in [6, 6.07) is 7.52. The molecular weight excluding hydrogens is 244 g/mol. The van der Waals surface area contributed by atoms with Crippen LogP contribution in [-0.4, -0.2) is 31.6 Å². The lowest BCUT2D eigenvalue weighted by Crippen LogP contribution is -2.34. The van der Waals surface area contributed by atoms with Gasteiger partial charge in [0.25, 0.3) is 0 Å². The van der Waals surface area contributed by atoms with Crippen LogP contribution >= 0.6 is 0 Å². The fraction of sp³-hybridized carbons (Fsp3) is 0.429. The first-order valence-corrected chi connectivity index (χ1v) is 6.36. The van der Waals surface area contributed by atoms with E-state index in [1.54, 1.807) is 12.1 Å². The summed E-state index contributed by atoms with van der Waals surface area (Å²) in [4.78, 5) is 22.7. The van der Waals surface area contributed by atoms with E-state index in [9.17, 15) is 9.59 Å². The van der Waals surface area contributed by atoms with Crippen LogP contribution in [0.25, 0.3) is 0 Å². The van der Waals surface area contributed by atoms with Crippen LogP contribution < -0.4 is 10.6 Å². The third kappa shape index (κ3) is 4.37. The first-order chi connectivity index (χ1) is 9.19. The predicted molar refractivity (Wildman–Crippen MR) is 70.7 cm³/mol. The summed E-state index contributed by atoms with van der Waals surface area (Å²) in [5.41, 5.74) is 1.55. The lowest BCUT2D eigenvalue weighted by atomic mass is 10.1. The molecule has 0 bridgehead atoms. The summed E-state index contributed by atoms with van der Waals surface area (Å²) in [6.07, 6.45) is 2.20. The molecule has 0 aromatic heterocycles. The fourth-order valence-electron chi connectivity index (χ4n) is 1.70. The van der Waals surface area contributed by atoms with Crippen molar-refractivity contribution < 1.29 is 14.3 Å². The van der Waals surface area contributed by atoms with Gasteiger partial charge in [0.2, 0.25) is 5.91 Å². The molecule has 1 saturated carbocycles. The second-order valence-electron chi connectivity index (χ2n) is 4.63. The van der Waals surface area contributed by atoms with Crippen LogP contribution in [-0.2, 0) is 16.1 Å². The molecule has 19 heavy (non-hydrogen) atoms. The fourth-order valence-corrected chi connectivity index (χ4v) is 1.70. The Morgan fingerprint density at radius 2 is 1.95 bits per heavy atom. The minimum atomic E-state index is -0.344. The molecule has 5 nitrogen and oxygen atoms in total. The lowest BCUT2D eigenvalue weighted by molar-refractivity contribution is -0.120. The molecule has 102 valence electrons. The summed E-state index contributed by atoms with van der Waals surface area (Å²) in [5.74, 6) is -0.308. The van der Waals surface area contributed by atoms with E-state index in [-0.39, 0.29) is 11.9 Å². The van der Waals surface area contributed by atoms with E-state index in [0.717, 1.165) is 18.4 Å². The van der Waals surface area contributed by atoms with Gasteiger partial charge in [-0.15, -0.1) is 0 Å². The number of hydrogen-bond acceptors (Lipinski definition) is 4. The van der Waals surface area contributed by atoms with E-state index in [1.165, 1.54) is 7.11 Å². The van der Waals surface area contributed by atoms with Crippen LogP contribution in [0.15, 0.2) is 24.3 Å². The third-order valence-electron chi connectivity index (χ3n) is 2.93. The van der Waals surface area contributed by atoms with Gasteiger partial charge in [0.1, 0.15) is 0 Å². The number of rotatable bonds is 6. The van der Waals surface area contributed by atoms with Crippen molar-refractivity contribution >= 4 is 11.9 Å². The van der Waals surface area contributed by atoms with E-state index in [4.69, 9.17) is 0 Å². The molecule has 1 amide bonds. The van der Waals surface area contributed by atoms with Gasteiger partial charge in [-0.2, -0.15) is 0 Å². The van der Waals surface area contributed by atoms with Crippen molar-refractivity contribution in [1.29, 1.82) is 0 Å². The van der Waals surface area contributed by atoms with Gasteiger partial charge < -0.3 is 15.4 Å². The maximum absolute atomic E-state index is 11.4. The van der Waals surface area contributed by atoms with Crippen molar-refractivity contribution in [3.8, 4) is 0 Å². The summed E-state index contributed by atoms with van der Waals surface area (Å²) in [5, 5.41) is 5.98. The second kappa shape index (κ2) is 6.33. The summed E-state index contributed by atoms with van der Waals surface area (Å²) in [6.45, 7) is 0.912. The van der Waals surface area contributed by atoms with Crippen molar-refractivity contribution in [3.05, 3.63) is 35.4 Å². The molecule has 0 unspecified atom stereocenters. The van der Waals surface area contributed by atoms with Gasteiger partial charge in [0.15, 0.2) is 0 Å². The van der Waals surface area contributed by atoms with E-state index < -0.39 is 0 Å². The van der Waals surface area contributed by atoms with Gasteiger partial charge in [0, 0.05) is 12.6 Å². The Morgan fingerprint density at radius 1 is 1.26 bits per heavy atom. The molecule has 2 N–H and O–H groups in total. The average molecular weight is 262 g/mol. The number of nitrogens with one attached hydrogen (secondary N) is 2. The number of ether oxygens (including phenoxy) is 1. The molecule has 0 spiro atoms. The Balaban J connectivity index is 1.73. The van der Waals surface area contributed by atoms with Gasteiger partial charge in [-0.25, -0.2) is 4.79 Å².